The van der Waals surface area contributed by atoms with Crippen LogP contribution < -0.4 is 10.6 Å². The number of carboxylic acid groups (broad SMARTS) is 1. The van der Waals surface area contributed by atoms with Crippen LogP contribution in [0.1, 0.15) is 39.0 Å². The molecule has 1 heterocycles. The summed E-state index contributed by atoms with van der Waals surface area (Å²) < 4.78 is 5.32. The molecule has 0 spiro atoms. The van der Waals surface area contributed by atoms with Gasteiger partial charge in [-0.2, -0.15) is 0 Å². The monoisotopic (exact) mass is 272 g/mol. The number of amides is 2. The number of hydrogen-bond donors (Lipinski definition) is 3. The van der Waals surface area contributed by atoms with Gasteiger partial charge in [-0.25, -0.2) is 4.79 Å². The first-order valence-corrected chi connectivity index (χ1v) is 6.97. The van der Waals surface area contributed by atoms with Gasteiger partial charge in [0.2, 0.25) is 0 Å². The SMILES string of the molecule is CCC(NC(=O)NCCCC(=O)O)C1CCOCC1. The minimum absolute atomic E-state index is 0.0808. The zero-order valence-corrected chi connectivity index (χ0v) is 11.5. The van der Waals surface area contributed by atoms with Crippen LogP contribution in [0.2, 0.25) is 0 Å². The van der Waals surface area contributed by atoms with E-state index in [0.29, 0.717) is 18.9 Å². The molecule has 1 rings (SSSR count). The van der Waals surface area contributed by atoms with Crippen LogP contribution in [-0.4, -0.2) is 42.9 Å². The van der Waals surface area contributed by atoms with Crippen LogP contribution in [0.3, 0.4) is 0 Å². The molecule has 0 aliphatic carbocycles. The van der Waals surface area contributed by atoms with Gasteiger partial charge in [-0.05, 0) is 31.6 Å². The van der Waals surface area contributed by atoms with Crippen molar-refractivity contribution in [2.75, 3.05) is 19.8 Å². The Labute approximate surface area is 113 Å². The van der Waals surface area contributed by atoms with Gasteiger partial charge in [-0.15, -0.1) is 0 Å². The van der Waals surface area contributed by atoms with Gasteiger partial charge in [-0.3, -0.25) is 4.79 Å². The topological polar surface area (TPSA) is 87.7 Å². The van der Waals surface area contributed by atoms with Gasteiger partial charge in [0.05, 0.1) is 0 Å². The lowest BCUT2D eigenvalue weighted by Gasteiger charge is -2.30. The fraction of sp³-hybridized carbons (Fsp3) is 0.846. The summed E-state index contributed by atoms with van der Waals surface area (Å²) in [6.07, 6.45) is 3.40. The zero-order valence-electron chi connectivity index (χ0n) is 11.5. The largest absolute Gasteiger partial charge is 0.481 e. The average Bonchev–Trinajstić information content (AvgIpc) is 2.41. The predicted octanol–water partition coefficient (Wildman–Crippen LogP) is 1.36. The third-order valence-electron chi connectivity index (χ3n) is 3.44. The molecule has 0 bridgehead atoms. The van der Waals surface area contributed by atoms with Crippen molar-refractivity contribution in [2.45, 2.75) is 45.1 Å². The highest BCUT2D eigenvalue weighted by atomic mass is 16.5. The number of aliphatic carboxylic acids is 1. The van der Waals surface area contributed by atoms with Gasteiger partial charge >= 0.3 is 12.0 Å². The average molecular weight is 272 g/mol. The maximum atomic E-state index is 11.7. The molecular formula is C13H24N2O4. The first kappa shape index (κ1) is 15.8. The lowest BCUT2D eigenvalue weighted by molar-refractivity contribution is -0.137. The maximum Gasteiger partial charge on any atom is 0.315 e. The van der Waals surface area contributed by atoms with E-state index in [0.717, 1.165) is 32.5 Å². The van der Waals surface area contributed by atoms with Crippen molar-refractivity contribution in [3.63, 3.8) is 0 Å². The molecule has 19 heavy (non-hydrogen) atoms. The van der Waals surface area contributed by atoms with Gasteiger partial charge in [-0.1, -0.05) is 6.92 Å². The number of urea groups is 1. The number of nitrogens with one attached hydrogen (secondary N) is 2. The Balaban J connectivity index is 2.22. The predicted molar refractivity (Wildman–Crippen MR) is 71.0 cm³/mol. The summed E-state index contributed by atoms with van der Waals surface area (Å²) >= 11 is 0. The molecule has 0 aromatic rings. The molecule has 1 saturated heterocycles. The zero-order chi connectivity index (χ0) is 14.1. The van der Waals surface area contributed by atoms with E-state index >= 15 is 0 Å². The molecule has 1 fully saturated rings. The van der Waals surface area contributed by atoms with E-state index in [9.17, 15) is 9.59 Å². The van der Waals surface area contributed by atoms with Crippen LogP contribution in [0.15, 0.2) is 0 Å². The van der Waals surface area contributed by atoms with E-state index in [1.807, 2.05) is 0 Å². The van der Waals surface area contributed by atoms with Gasteiger partial charge in [0.1, 0.15) is 0 Å². The maximum absolute atomic E-state index is 11.7. The molecule has 1 unspecified atom stereocenters. The van der Waals surface area contributed by atoms with Gasteiger partial charge in [0.15, 0.2) is 0 Å². The minimum Gasteiger partial charge on any atom is -0.481 e. The van der Waals surface area contributed by atoms with Crippen molar-refractivity contribution in [1.29, 1.82) is 0 Å². The number of ether oxygens (including phenoxy) is 1. The molecule has 1 aliphatic heterocycles. The van der Waals surface area contributed by atoms with Gasteiger partial charge < -0.3 is 20.5 Å². The lowest BCUT2D eigenvalue weighted by Crippen LogP contribution is -2.46. The quantitative estimate of drug-likeness (QED) is 0.611. The summed E-state index contributed by atoms with van der Waals surface area (Å²) in [5.41, 5.74) is 0. The van der Waals surface area contributed by atoms with Crippen molar-refractivity contribution >= 4 is 12.0 Å². The summed E-state index contributed by atoms with van der Waals surface area (Å²) in [6.45, 7) is 3.99. The second-order valence-electron chi connectivity index (χ2n) is 4.86. The van der Waals surface area contributed by atoms with E-state index in [2.05, 4.69) is 17.6 Å². The number of rotatable bonds is 7. The normalized spacial score (nSPS) is 17.7. The molecule has 3 N–H and O–H groups in total. The van der Waals surface area contributed by atoms with Crippen LogP contribution in [0.4, 0.5) is 4.79 Å². The lowest BCUT2D eigenvalue weighted by atomic mass is 9.90. The molecule has 0 aromatic heterocycles. The number of carbonyl (C=O) groups excluding carboxylic acids is 1. The second-order valence-corrected chi connectivity index (χ2v) is 4.86. The highest BCUT2D eigenvalue weighted by molar-refractivity contribution is 5.74. The van der Waals surface area contributed by atoms with E-state index in [-0.39, 0.29) is 18.5 Å². The van der Waals surface area contributed by atoms with Crippen LogP contribution >= 0.6 is 0 Å². The molecule has 6 nitrogen and oxygen atoms in total. The summed E-state index contributed by atoms with van der Waals surface area (Å²) in [5, 5.41) is 14.2. The number of hydrogen-bond acceptors (Lipinski definition) is 3. The Kier molecular flexibility index (Phi) is 7.25. The smallest absolute Gasteiger partial charge is 0.315 e. The molecule has 2 amide bonds. The third kappa shape index (κ3) is 6.42. The van der Waals surface area contributed by atoms with Crippen LogP contribution in [0, 0.1) is 5.92 Å². The molecule has 0 saturated carbocycles. The highest BCUT2D eigenvalue weighted by Gasteiger charge is 2.23. The van der Waals surface area contributed by atoms with Crippen LogP contribution in [0.5, 0.6) is 0 Å². The molecule has 1 atom stereocenters. The van der Waals surface area contributed by atoms with Crippen molar-refractivity contribution in [3.05, 3.63) is 0 Å². The standard InChI is InChI=1S/C13H24N2O4/c1-2-11(10-5-8-19-9-6-10)15-13(18)14-7-3-4-12(16)17/h10-11H,2-9H2,1H3,(H,16,17)(H2,14,15,18). The van der Waals surface area contributed by atoms with Crippen molar-refractivity contribution < 1.29 is 19.4 Å². The summed E-state index contributed by atoms with van der Waals surface area (Å²) in [7, 11) is 0. The minimum atomic E-state index is -0.837. The van der Waals surface area contributed by atoms with Crippen LogP contribution in [-0.2, 0) is 9.53 Å². The van der Waals surface area contributed by atoms with E-state index in [4.69, 9.17) is 9.84 Å². The molecule has 1 aliphatic rings. The first-order valence-electron chi connectivity index (χ1n) is 6.97. The third-order valence-corrected chi connectivity index (χ3v) is 3.44. The van der Waals surface area contributed by atoms with E-state index in [1.165, 1.54) is 0 Å². The van der Waals surface area contributed by atoms with Gasteiger partial charge in [0, 0.05) is 32.2 Å². The molecule has 0 aromatic carbocycles. The second kappa shape index (κ2) is 8.74. The number of carboxylic acids is 1. The Morgan fingerprint density at radius 2 is 2.05 bits per heavy atom. The summed E-state index contributed by atoms with van der Waals surface area (Å²) in [4.78, 5) is 22.0. The molecule has 0 radical (unpaired) electrons. The van der Waals surface area contributed by atoms with Crippen molar-refractivity contribution in [2.24, 2.45) is 5.92 Å². The Bertz CT molecular complexity index is 290. The van der Waals surface area contributed by atoms with Crippen molar-refractivity contribution in [3.8, 4) is 0 Å². The van der Waals surface area contributed by atoms with Crippen molar-refractivity contribution in [1.82, 2.24) is 10.6 Å². The molecule has 6 heteroatoms. The fourth-order valence-corrected chi connectivity index (χ4v) is 2.33. The van der Waals surface area contributed by atoms with Crippen LogP contribution in [0.25, 0.3) is 0 Å². The highest BCUT2D eigenvalue weighted by Crippen LogP contribution is 2.20. The Morgan fingerprint density at radius 3 is 2.63 bits per heavy atom. The number of carbonyl (C=O) groups is 2. The summed E-state index contributed by atoms with van der Waals surface area (Å²) in [6, 6.07) is -0.0351. The van der Waals surface area contributed by atoms with E-state index < -0.39 is 5.97 Å². The Morgan fingerprint density at radius 1 is 1.37 bits per heavy atom. The fourth-order valence-electron chi connectivity index (χ4n) is 2.33. The Hall–Kier alpha value is -1.30. The first-order chi connectivity index (χ1) is 9.13. The molecule has 110 valence electrons. The molecular weight excluding hydrogens is 248 g/mol. The van der Waals surface area contributed by atoms with Gasteiger partial charge in [0.25, 0.3) is 0 Å². The van der Waals surface area contributed by atoms with E-state index in [1.54, 1.807) is 0 Å². The summed E-state index contributed by atoms with van der Waals surface area (Å²) in [5.74, 6) is -0.362.